The van der Waals surface area contributed by atoms with Crippen LogP contribution in [0, 0.1) is 0 Å². The zero-order valence-corrected chi connectivity index (χ0v) is 20.8. The van der Waals surface area contributed by atoms with Gasteiger partial charge in [-0.15, -0.1) is 0 Å². The van der Waals surface area contributed by atoms with Crippen molar-refractivity contribution in [3.63, 3.8) is 0 Å². The quantitative estimate of drug-likeness (QED) is 0.180. The van der Waals surface area contributed by atoms with Crippen LogP contribution in [-0.4, -0.2) is 31.9 Å². The molecule has 0 spiro atoms. The Labute approximate surface area is 200 Å². The van der Waals surface area contributed by atoms with Crippen LogP contribution in [0.2, 0.25) is 0 Å². The zero-order valence-electron chi connectivity index (χ0n) is 20.0. The van der Waals surface area contributed by atoms with E-state index in [0.29, 0.717) is 26.1 Å². The predicted octanol–water partition coefficient (Wildman–Crippen LogP) is 7.31. The molecule has 2 aromatic rings. The molecule has 0 aliphatic rings. The van der Waals surface area contributed by atoms with Gasteiger partial charge in [0.2, 0.25) is 0 Å². The molecule has 5 nitrogen and oxygen atoms in total. The molecule has 0 saturated carbocycles. The van der Waals surface area contributed by atoms with E-state index in [-0.39, 0.29) is 5.75 Å². The number of ether oxygens (including phenoxy) is 2. The molecule has 0 bridgehead atoms. The molecule has 184 valence electrons. The Kier molecular flexibility index (Phi) is 13.0. The SMILES string of the molecule is CCCCCCCCCCCOc1cccc(OCCCCS(=O)(=O)O)c1-c1ccccc1. The number of hydrogen-bond donors (Lipinski definition) is 1. The molecule has 2 rings (SSSR count). The van der Waals surface area contributed by atoms with E-state index >= 15 is 0 Å². The molecule has 1 N–H and O–H groups in total. The maximum atomic E-state index is 10.9. The monoisotopic (exact) mass is 476 g/mol. The fraction of sp³-hybridized carbons (Fsp3) is 0.556. The van der Waals surface area contributed by atoms with Crippen molar-refractivity contribution in [2.45, 2.75) is 77.6 Å². The highest BCUT2D eigenvalue weighted by molar-refractivity contribution is 7.85. The maximum absolute atomic E-state index is 10.9. The van der Waals surface area contributed by atoms with E-state index in [1.807, 2.05) is 48.5 Å². The first kappa shape index (κ1) is 27.2. The first-order chi connectivity index (χ1) is 16.0. The third kappa shape index (κ3) is 11.6. The van der Waals surface area contributed by atoms with Gasteiger partial charge in [0.05, 0.1) is 24.5 Å². The van der Waals surface area contributed by atoms with Crippen molar-refractivity contribution in [1.82, 2.24) is 0 Å². The summed E-state index contributed by atoms with van der Waals surface area (Å²) in [6, 6.07) is 15.8. The van der Waals surface area contributed by atoms with Gasteiger partial charge in [0.25, 0.3) is 10.1 Å². The second kappa shape index (κ2) is 15.7. The Bertz CT molecular complexity index is 881. The van der Waals surface area contributed by atoms with Crippen molar-refractivity contribution in [2.75, 3.05) is 19.0 Å². The standard InChI is InChI=1S/C27H40O5S/c1-2-3-4-5-6-7-8-9-13-21-31-25-19-16-20-26(27(25)24-17-11-10-12-18-24)32-22-14-15-23-33(28,29)30/h10-12,16-20H,2-9,13-15,21-23H2,1H3,(H,28,29,30). The van der Waals surface area contributed by atoms with Crippen LogP contribution in [0.4, 0.5) is 0 Å². The fourth-order valence-electron chi connectivity index (χ4n) is 3.80. The molecular formula is C27H40O5S. The van der Waals surface area contributed by atoms with Crippen LogP contribution in [-0.2, 0) is 10.1 Å². The van der Waals surface area contributed by atoms with E-state index in [4.69, 9.17) is 14.0 Å². The number of rotatable bonds is 18. The van der Waals surface area contributed by atoms with Gasteiger partial charge >= 0.3 is 0 Å². The predicted molar refractivity (Wildman–Crippen MR) is 136 cm³/mol. The summed E-state index contributed by atoms with van der Waals surface area (Å²) >= 11 is 0. The molecular weight excluding hydrogens is 436 g/mol. The summed E-state index contributed by atoms with van der Waals surface area (Å²) < 4.78 is 42.8. The highest BCUT2D eigenvalue weighted by Crippen LogP contribution is 2.38. The molecule has 2 aromatic carbocycles. The number of unbranched alkanes of at least 4 members (excludes halogenated alkanes) is 9. The lowest BCUT2D eigenvalue weighted by Gasteiger charge is -2.17. The Morgan fingerprint density at radius 1 is 0.667 bits per heavy atom. The van der Waals surface area contributed by atoms with E-state index in [0.717, 1.165) is 29.0 Å². The average molecular weight is 477 g/mol. The Morgan fingerprint density at radius 2 is 1.18 bits per heavy atom. The van der Waals surface area contributed by atoms with Crippen molar-refractivity contribution < 1.29 is 22.4 Å². The van der Waals surface area contributed by atoms with E-state index in [2.05, 4.69) is 6.92 Å². The normalized spacial score (nSPS) is 11.5. The summed E-state index contributed by atoms with van der Waals surface area (Å²) in [4.78, 5) is 0. The molecule has 0 aliphatic carbocycles. The van der Waals surface area contributed by atoms with Crippen molar-refractivity contribution in [2.24, 2.45) is 0 Å². The van der Waals surface area contributed by atoms with Gasteiger partial charge < -0.3 is 9.47 Å². The number of benzene rings is 2. The lowest BCUT2D eigenvalue weighted by atomic mass is 10.0. The van der Waals surface area contributed by atoms with Crippen molar-refractivity contribution in [1.29, 1.82) is 0 Å². The van der Waals surface area contributed by atoms with Crippen LogP contribution in [0.1, 0.15) is 77.6 Å². The van der Waals surface area contributed by atoms with Crippen LogP contribution in [0.3, 0.4) is 0 Å². The smallest absolute Gasteiger partial charge is 0.264 e. The summed E-state index contributed by atoms with van der Waals surface area (Å²) in [6.07, 6.45) is 12.4. The molecule has 0 aliphatic heterocycles. The Morgan fingerprint density at radius 3 is 1.73 bits per heavy atom. The molecule has 0 amide bonds. The lowest BCUT2D eigenvalue weighted by Crippen LogP contribution is -2.07. The molecule has 6 heteroatoms. The van der Waals surface area contributed by atoms with E-state index in [1.54, 1.807) is 0 Å². The van der Waals surface area contributed by atoms with Crippen LogP contribution in [0.15, 0.2) is 48.5 Å². The van der Waals surface area contributed by atoms with E-state index in [1.165, 1.54) is 51.4 Å². The minimum Gasteiger partial charge on any atom is -0.493 e. The Balaban J connectivity index is 1.87. The van der Waals surface area contributed by atoms with Crippen LogP contribution in [0.5, 0.6) is 11.5 Å². The fourth-order valence-corrected chi connectivity index (χ4v) is 4.37. The van der Waals surface area contributed by atoms with Gasteiger partial charge in [-0.1, -0.05) is 94.7 Å². The Hall–Kier alpha value is -2.05. The van der Waals surface area contributed by atoms with Crippen molar-refractivity contribution in [3.05, 3.63) is 48.5 Å². The highest BCUT2D eigenvalue weighted by Gasteiger charge is 2.13. The second-order valence-corrected chi connectivity index (χ2v) is 10.1. The highest BCUT2D eigenvalue weighted by atomic mass is 32.2. The first-order valence-corrected chi connectivity index (χ1v) is 14.0. The van der Waals surface area contributed by atoms with Crippen LogP contribution >= 0.6 is 0 Å². The molecule has 0 fully saturated rings. The van der Waals surface area contributed by atoms with Crippen molar-refractivity contribution >= 4 is 10.1 Å². The van der Waals surface area contributed by atoms with E-state index in [9.17, 15) is 8.42 Å². The molecule has 0 atom stereocenters. The first-order valence-electron chi connectivity index (χ1n) is 12.4. The maximum Gasteiger partial charge on any atom is 0.264 e. The summed E-state index contributed by atoms with van der Waals surface area (Å²) in [5, 5.41) is 0. The van der Waals surface area contributed by atoms with Gasteiger partial charge in [-0.05, 0) is 37.0 Å². The van der Waals surface area contributed by atoms with E-state index < -0.39 is 10.1 Å². The molecule has 0 saturated heterocycles. The summed E-state index contributed by atoms with van der Waals surface area (Å²) in [5.74, 6) is 1.28. The minimum atomic E-state index is -3.93. The van der Waals surface area contributed by atoms with Gasteiger partial charge in [0.15, 0.2) is 0 Å². The van der Waals surface area contributed by atoms with Gasteiger partial charge in [0.1, 0.15) is 11.5 Å². The molecule has 33 heavy (non-hydrogen) atoms. The van der Waals surface area contributed by atoms with Crippen LogP contribution in [0.25, 0.3) is 11.1 Å². The second-order valence-electron chi connectivity index (χ2n) is 8.51. The molecule has 0 heterocycles. The summed E-state index contributed by atoms with van der Waals surface area (Å²) in [5.41, 5.74) is 1.94. The molecule has 0 aromatic heterocycles. The minimum absolute atomic E-state index is 0.246. The summed E-state index contributed by atoms with van der Waals surface area (Å²) in [6.45, 7) is 3.29. The third-order valence-electron chi connectivity index (χ3n) is 5.61. The summed E-state index contributed by atoms with van der Waals surface area (Å²) in [7, 11) is -3.93. The van der Waals surface area contributed by atoms with Crippen molar-refractivity contribution in [3.8, 4) is 22.6 Å². The van der Waals surface area contributed by atoms with Gasteiger partial charge in [-0.3, -0.25) is 4.55 Å². The molecule has 0 radical (unpaired) electrons. The largest absolute Gasteiger partial charge is 0.493 e. The van der Waals surface area contributed by atoms with Gasteiger partial charge in [0, 0.05) is 0 Å². The topological polar surface area (TPSA) is 72.8 Å². The van der Waals surface area contributed by atoms with Gasteiger partial charge in [-0.2, -0.15) is 8.42 Å². The zero-order chi connectivity index (χ0) is 23.8. The van der Waals surface area contributed by atoms with Gasteiger partial charge in [-0.25, -0.2) is 0 Å². The average Bonchev–Trinajstić information content (AvgIpc) is 2.80. The van der Waals surface area contributed by atoms with Crippen LogP contribution < -0.4 is 9.47 Å². The lowest BCUT2D eigenvalue weighted by molar-refractivity contribution is 0.294. The third-order valence-corrected chi connectivity index (χ3v) is 6.41. The number of hydrogen-bond acceptors (Lipinski definition) is 4. The molecule has 0 unspecified atom stereocenters.